The number of hydrogen-bond acceptors (Lipinski definition) is 2. The minimum Gasteiger partial charge on any atom is -0.322 e. The standard InChI is InChI=1S/C22H22N2O.H2/c1-15-10-11-24(14-15)21(17-6-4-3-5-7-17)18-8-9-20-19(13-18)12-16(2)22(25)23-20;/h3-9,12-13,21H,1,10-11,14H2,2H3,(H,23,25);1H. The molecule has 128 valence electrons. The molecule has 3 nitrogen and oxygen atoms in total. The number of aromatic amines is 1. The number of benzene rings is 2. The zero-order valence-electron chi connectivity index (χ0n) is 14.5. The molecule has 1 aliphatic heterocycles. The molecule has 25 heavy (non-hydrogen) atoms. The van der Waals surface area contributed by atoms with E-state index in [1.165, 1.54) is 16.7 Å². The molecule has 4 rings (SSSR count). The summed E-state index contributed by atoms with van der Waals surface area (Å²) in [5.74, 6) is 0. The Morgan fingerprint density at radius 2 is 1.92 bits per heavy atom. The maximum absolute atomic E-state index is 11.8. The van der Waals surface area contributed by atoms with E-state index in [9.17, 15) is 4.79 Å². The Labute approximate surface area is 149 Å². The Balaban J connectivity index is 0.00000196. The van der Waals surface area contributed by atoms with E-state index in [4.69, 9.17) is 0 Å². The Morgan fingerprint density at radius 3 is 2.64 bits per heavy atom. The molecule has 1 unspecified atom stereocenters. The zero-order chi connectivity index (χ0) is 17.4. The summed E-state index contributed by atoms with van der Waals surface area (Å²) >= 11 is 0. The zero-order valence-corrected chi connectivity index (χ0v) is 14.5. The third-order valence-electron chi connectivity index (χ3n) is 5.03. The number of rotatable bonds is 3. The Hall–Kier alpha value is -2.65. The van der Waals surface area contributed by atoms with Crippen molar-refractivity contribution in [3.05, 3.63) is 93.8 Å². The van der Waals surface area contributed by atoms with Gasteiger partial charge in [0, 0.05) is 25.6 Å². The van der Waals surface area contributed by atoms with E-state index in [2.05, 4.69) is 58.9 Å². The second-order valence-corrected chi connectivity index (χ2v) is 6.91. The summed E-state index contributed by atoms with van der Waals surface area (Å²) in [5.41, 5.74) is 5.45. The van der Waals surface area contributed by atoms with Crippen LogP contribution in [0.3, 0.4) is 0 Å². The number of pyridine rings is 1. The van der Waals surface area contributed by atoms with Crippen LogP contribution >= 0.6 is 0 Å². The lowest BCUT2D eigenvalue weighted by molar-refractivity contribution is 0.286. The van der Waals surface area contributed by atoms with Crippen LogP contribution in [0, 0.1) is 6.92 Å². The van der Waals surface area contributed by atoms with Gasteiger partial charge in [0.25, 0.3) is 5.56 Å². The molecule has 2 aromatic carbocycles. The average Bonchev–Trinajstić information content (AvgIpc) is 3.03. The number of fused-ring (bicyclic) bond motifs is 1. The van der Waals surface area contributed by atoms with Gasteiger partial charge in [0.05, 0.1) is 6.04 Å². The van der Waals surface area contributed by atoms with Crippen molar-refractivity contribution in [1.82, 2.24) is 9.88 Å². The van der Waals surface area contributed by atoms with Gasteiger partial charge in [-0.3, -0.25) is 9.69 Å². The highest BCUT2D eigenvalue weighted by Gasteiger charge is 2.26. The molecular formula is C22H24N2O. The van der Waals surface area contributed by atoms with Gasteiger partial charge in [-0.15, -0.1) is 0 Å². The van der Waals surface area contributed by atoms with Crippen molar-refractivity contribution in [3.63, 3.8) is 0 Å². The molecule has 1 aliphatic rings. The maximum Gasteiger partial charge on any atom is 0.251 e. The van der Waals surface area contributed by atoms with Crippen LogP contribution in [-0.4, -0.2) is 23.0 Å². The van der Waals surface area contributed by atoms with E-state index in [1.807, 2.05) is 19.1 Å². The number of H-pyrrole nitrogens is 1. The Kier molecular flexibility index (Phi) is 4.02. The van der Waals surface area contributed by atoms with Gasteiger partial charge in [-0.1, -0.05) is 48.6 Å². The normalized spacial score (nSPS) is 16.4. The lowest BCUT2D eigenvalue weighted by Crippen LogP contribution is -2.26. The Bertz CT molecular complexity index is 994. The summed E-state index contributed by atoms with van der Waals surface area (Å²) in [6.07, 6.45) is 1.06. The predicted molar refractivity (Wildman–Crippen MR) is 105 cm³/mol. The first-order chi connectivity index (χ1) is 12.1. The molecular weight excluding hydrogens is 308 g/mol. The van der Waals surface area contributed by atoms with E-state index in [-0.39, 0.29) is 13.0 Å². The number of nitrogens with one attached hydrogen (secondary N) is 1. The number of aryl methyl sites for hydroxylation is 1. The topological polar surface area (TPSA) is 36.1 Å². The largest absolute Gasteiger partial charge is 0.322 e. The van der Waals surface area contributed by atoms with Crippen molar-refractivity contribution in [1.29, 1.82) is 0 Å². The maximum atomic E-state index is 11.8. The van der Waals surface area contributed by atoms with Gasteiger partial charge in [0.15, 0.2) is 0 Å². The first kappa shape index (κ1) is 15.9. The molecule has 1 saturated heterocycles. The Morgan fingerprint density at radius 1 is 1.12 bits per heavy atom. The second kappa shape index (κ2) is 6.34. The van der Waals surface area contributed by atoms with E-state index < -0.39 is 0 Å². The van der Waals surface area contributed by atoms with Gasteiger partial charge in [0.1, 0.15) is 0 Å². The number of hydrogen-bond donors (Lipinski definition) is 1. The first-order valence-electron chi connectivity index (χ1n) is 8.71. The van der Waals surface area contributed by atoms with Crippen LogP contribution < -0.4 is 5.56 Å². The number of likely N-dealkylation sites (tertiary alicyclic amines) is 1. The predicted octanol–water partition coefficient (Wildman–Crippen LogP) is 4.43. The summed E-state index contributed by atoms with van der Waals surface area (Å²) in [5, 5.41) is 1.08. The molecule has 0 amide bonds. The smallest absolute Gasteiger partial charge is 0.251 e. The van der Waals surface area contributed by atoms with Crippen LogP contribution in [-0.2, 0) is 0 Å². The van der Waals surface area contributed by atoms with Crippen molar-refractivity contribution >= 4 is 10.9 Å². The molecule has 1 fully saturated rings. The van der Waals surface area contributed by atoms with Crippen molar-refractivity contribution < 1.29 is 1.43 Å². The average molecular weight is 332 g/mol. The molecule has 3 heteroatoms. The van der Waals surface area contributed by atoms with E-state index >= 15 is 0 Å². The SMILES string of the molecule is C=C1CCN(C(c2ccccc2)c2ccc3[nH]c(=O)c(C)cc3c2)C1.[HH]. The van der Waals surface area contributed by atoms with Gasteiger partial charge in [-0.25, -0.2) is 0 Å². The van der Waals surface area contributed by atoms with E-state index in [0.29, 0.717) is 0 Å². The number of aromatic nitrogens is 1. The van der Waals surface area contributed by atoms with Gasteiger partial charge in [0.2, 0.25) is 0 Å². The minimum absolute atomic E-state index is 0. The molecule has 2 heterocycles. The van der Waals surface area contributed by atoms with Crippen LogP contribution in [0.25, 0.3) is 10.9 Å². The monoisotopic (exact) mass is 332 g/mol. The van der Waals surface area contributed by atoms with Gasteiger partial charge >= 0.3 is 0 Å². The highest BCUT2D eigenvalue weighted by Crippen LogP contribution is 2.33. The third-order valence-corrected chi connectivity index (χ3v) is 5.03. The summed E-state index contributed by atoms with van der Waals surface area (Å²) < 4.78 is 0. The highest BCUT2D eigenvalue weighted by atomic mass is 16.1. The van der Waals surface area contributed by atoms with E-state index in [1.54, 1.807) is 0 Å². The van der Waals surface area contributed by atoms with Crippen LogP contribution in [0.5, 0.6) is 0 Å². The molecule has 3 aromatic rings. The summed E-state index contributed by atoms with van der Waals surface area (Å²) in [4.78, 5) is 17.3. The van der Waals surface area contributed by atoms with E-state index in [0.717, 1.165) is 36.0 Å². The molecule has 1 aromatic heterocycles. The lowest BCUT2D eigenvalue weighted by Gasteiger charge is -2.28. The molecule has 0 radical (unpaired) electrons. The molecule has 1 atom stereocenters. The summed E-state index contributed by atoms with van der Waals surface area (Å²) in [6.45, 7) is 7.98. The van der Waals surface area contributed by atoms with Crippen LogP contribution in [0.15, 0.2) is 71.5 Å². The minimum atomic E-state index is -0.0179. The first-order valence-corrected chi connectivity index (χ1v) is 8.71. The van der Waals surface area contributed by atoms with Crippen molar-refractivity contribution in [2.75, 3.05) is 13.1 Å². The molecule has 0 aliphatic carbocycles. The molecule has 0 bridgehead atoms. The summed E-state index contributed by atoms with van der Waals surface area (Å²) in [7, 11) is 0. The lowest BCUT2D eigenvalue weighted by atomic mass is 9.95. The van der Waals surface area contributed by atoms with Gasteiger partial charge in [-0.05, 0) is 48.1 Å². The van der Waals surface area contributed by atoms with Crippen LogP contribution in [0.2, 0.25) is 0 Å². The fraction of sp³-hybridized carbons (Fsp3) is 0.227. The van der Waals surface area contributed by atoms with Crippen LogP contribution in [0.1, 0.15) is 30.6 Å². The quantitative estimate of drug-likeness (QED) is 0.720. The summed E-state index contributed by atoms with van der Waals surface area (Å²) in [6, 6.07) is 19.2. The molecule has 0 spiro atoms. The third kappa shape index (κ3) is 3.03. The molecule has 1 N–H and O–H groups in total. The number of nitrogens with zero attached hydrogens (tertiary/aromatic N) is 1. The molecule has 0 saturated carbocycles. The van der Waals surface area contributed by atoms with Crippen molar-refractivity contribution in [2.24, 2.45) is 0 Å². The van der Waals surface area contributed by atoms with Crippen LogP contribution in [0.4, 0.5) is 0 Å². The fourth-order valence-electron chi connectivity index (χ4n) is 3.72. The van der Waals surface area contributed by atoms with Crippen molar-refractivity contribution in [2.45, 2.75) is 19.4 Å². The fourth-order valence-corrected chi connectivity index (χ4v) is 3.72. The van der Waals surface area contributed by atoms with Gasteiger partial charge in [-0.2, -0.15) is 0 Å². The van der Waals surface area contributed by atoms with Crippen molar-refractivity contribution in [3.8, 4) is 0 Å². The highest BCUT2D eigenvalue weighted by molar-refractivity contribution is 5.80. The second-order valence-electron chi connectivity index (χ2n) is 6.91. The van der Waals surface area contributed by atoms with Gasteiger partial charge < -0.3 is 4.98 Å².